The lowest BCUT2D eigenvalue weighted by molar-refractivity contribution is 0.0690. The van der Waals surface area contributed by atoms with Gasteiger partial charge in [-0.3, -0.25) is 4.57 Å². The number of fused-ring (bicyclic) bond motifs is 1. The SMILES string of the molecule is CN(c1cc(C2CC2)c(N=c2sc3ccccc3n2COCC[Si](C)(C)C)nn1)c1nc(C(=O)O)c(Br)s1. The van der Waals surface area contributed by atoms with Crippen LogP contribution < -0.4 is 9.70 Å². The van der Waals surface area contributed by atoms with Gasteiger partial charge in [0.15, 0.2) is 27.3 Å². The van der Waals surface area contributed by atoms with E-state index < -0.39 is 14.0 Å². The molecule has 3 aromatic heterocycles. The van der Waals surface area contributed by atoms with E-state index in [9.17, 15) is 9.90 Å². The molecule has 1 saturated carbocycles. The Bertz CT molecular complexity index is 1560. The maximum absolute atomic E-state index is 11.4. The van der Waals surface area contributed by atoms with Crippen LogP contribution in [-0.2, 0) is 11.5 Å². The van der Waals surface area contributed by atoms with E-state index in [2.05, 4.69) is 67.5 Å². The molecule has 1 N–H and O–H groups in total. The molecule has 13 heteroatoms. The van der Waals surface area contributed by atoms with Crippen LogP contribution in [0.5, 0.6) is 0 Å². The van der Waals surface area contributed by atoms with E-state index in [-0.39, 0.29) is 5.69 Å². The van der Waals surface area contributed by atoms with E-state index in [4.69, 9.17) is 9.73 Å². The molecule has 1 aromatic carbocycles. The van der Waals surface area contributed by atoms with Crippen LogP contribution in [0.2, 0.25) is 25.7 Å². The summed E-state index contributed by atoms with van der Waals surface area (Å²) >= 11 is 6.16. The predicted molar refractivity (Wildman–Crippen MR) is 158 cm³/mol. The standard InChI is InChI=1S/C25H29BrN6O3S2Si/c1-31(24-27-20(23(33)34)21(26)37-24)19-13-16(15-9-10-15)22(30-29-19)28-25-32(14-35-11-12-38(2,3)4)17-7-5-6-8-18(17)36-25/h5-8,13,15H,9-12,14H2,1-4H3,(H,33,34). The zero-order valence-electron chi connectivity index (χ0n) is 21.6. The van der Waals surface area contributed by atoms with Gasteiger partial charge in [-0.2, -0.15) is 4.99 Å². The van der Waals surface area contributed by atoms with Crippen molar-refractivity contribution in [3.8, 4) is 0 Å². The van der Waals surface area contributed by atoms with Crippen LogP contribution in [0, 0.1) is 0 Å². The highest BCUT2D eigenvalue weighted by Crippen LogP contribution is 2.45. The molecule has 9 nitrogen and oxygen atoms in total. The topological polar surface area (TPSA) is 106 Å². The number of aromatic nitrogens is 4. The monoisotopic (exact) mass is 632 g/mol. The van der Waals surface area contributed by atoms with E-state index in [0.29, 0.717) is 33.2 Å². The van der Waals surface area contributed by atoms with Crippen molar-refractivity contribution in [1.29, 1.82) is 0 Å². The molecule has 1 aliphatic carbocycles. The number of carbonyl (C=O) groups is 1. The normalized spacial score (nSPS) is 14.4. The van der Waals surface area contributed by atoms with Gasteiger partial charge in [-0.1, -0.05) is 54.4 Å². The number of benzene rings is 1. The van der Waals surface area contributed by atoms with Crippen LogP contribution in [-0.4, -0.2) is 52.6 Å². The van der Waals surface area contributed by atoms with Crippen molar-refractivity contribution < 1.29 is 14.6 Å². The van der Waals surface area contributed by atoms with Gasteiger partial charge in [0.1, 0.15) is 10.5 Å². The predicted octanol–water partition coefficient (Wildman–Crippen LogP) is 6.60. The summed E-state index contributed by atoms with van der Waals surface area (Å²) in [6.45, 7) is 8.22. The number of thiazole rings is 2. The number of hydrogen-bond donors (Lipinski definition) is 1. The van der Waals surface area contributed by atoms with Gasteiger partial charge in [0.2, 0.25) is 0 Å². The fourth-order valence-corrected chi connectivity index (χ4v) is 7.08. The number of para-hydroxylation sites is 1. The van der Waals surface area contributed by atoms with E-state index in [1.807, 2.05) is 25.2 Å². The van der Waals surface area contributed by atoms with Gasteiger partial charge < -0.3 is 14.7 Å². The molecule has 1 fully saturated rings. The van der Waals surface area contributed by atoms with Crippen molar-refractivity contribution in [2.45, 2.75) is 51.2 Å². The van der Waals surface area contributed by atoms with Crippen molar-refractivity contribution >= 4 is 79.6 Å². The summed E-state index contributed by atoms with van der Waals surface area (Å²) in [6.07, 6.45) is 2.16. The lowest BCUT2D eigenvalue weighted by Crippen LogP contribution is -2.23. The summed E-state index contributed by atoms with van der Waals surface area (Å²) in [5.41, 5.74) is 2.12. The number of anilines is 2. The molecular weight excluding hydrogens is 604 g/mol. The lowest BCUT2D eigenvalue weighted by atomic mass is 10.2. The molecule has 3 heterocycles. The minimum atomic E-state index is -1.18. The quantitative estimate of drug-likeness (QED) is 0.155. The van der Waals surface area contributed by atoms with Gasteiger partial charge >= 0.3 is 5.97 Å². The molecule has 38 heavy (non-hydrogen) atoms. The molecule has 0 aliphatic heterocycles. The number of aromatic carboxylic acids is 1. The number of nitrogens with zero attached hydrogens (tertiary/aromatic N) is 6. The van der Waals surface area contributed by atoms with E-state index >= 15 is 0 Å². The van der Waals surface area contributed by atoms with Gasteiger partial charge in [0.25, 0.3) is 0 Å². The second-order valence-electron chi connectivity index (χ2n) is 10.5. The first kappa shape index (κ1) is 27.1. The molecule has 0 radical (unpaired) electrons. The second kappa shape index (κ2) is 11.0. The third kappa shape index (κ3) is 6.06. The highest BCUT2D eigenvalue weighted by atomic mass is 79.9. The third-order valence-electron chi connectivity index (χ3n) is 6.22. The van der Waals surface area contributed by atoms with Gasteiger partial charge in [-0.15, -0.1) is 10.2 Å². The number of hydrogen-bond acceptors (Lipinski definition) is 9. The summed E-state index contributed by atoms with van der Waals surface area (Å²) in [6, 6.07) is 11.4. The molecule has 0 spiro atoms. The van der Waals surface area contributed by atoms with Gasteiger partial charge in [-0.25, -0.2) is 9.78 Å². The van der Waals surface area contributed by atoms with Crippen molar-refractivity contribution in [2.24, 2.45) is 4.99 Å². The Kier molecular flexibility index (Phi) is 7.83. The third-order valence-corrected chi connectivity index (χ3v) is 10.8. The van der Waals surface area contributed by atoms with Crippen LogP contribution in [0.3, 0.4) is 0 Å². The first-order valence-electron chi connectivity index (χ1n) is 12.3. The molecule has 0 saturated heterocycles. The molecular formula is C25H29BrN6O3S2Si. The van der Waals surface area contributed by atoms with Crippen LogP contribution >= 0.6 is 38.6 Å². The molecule has 5 rings (SSSR count). The minimum Gasteiger partial charge on any atom is -0.476 e. The maximum Gasteiger partial charge on any atom is 0.356 e. The van der Waals surface area contributed by atoms with Crippen molar-refractivity contribution in [3.63, 3.8) is 0 Å². The Labute approximate surface area is 238 Å². The Morgan fingerprint density at radius 3 is 2.71 bits per heavy atom. The molecule has 0 atom stereocenters. The molecule has 4 aromatic rings. The number of ether oxygens (including phenoxy) is 1. The first-order valence-corrected chi connectivity index (χ1v) is 18.5. The van der Waals surface area contributed by atoms with E-state index in [1.54, 1.807) is 16.2 Å². The molecule has 1 aliphatic rings. The minimum absolute atomic E-state index is 0.0137. The number of carboxylic acids is 1. The Morgan fingerprint density at radius 1 is 1.26 bits per heavy atom. The first-order chi connectivity index (χ1) is 18.1. The zero-order valence-corrected chi connectivity index (χ0v) is 25.9. The Hall–Kier alpha value is -2.45. The average Bonchev–Trinajstić information content (AvgIpc) is 3.55. The van der Waals surface area contributed by atoms with Crippen LogP contribution in [0.15, 0.2) is 39.1 Å². The zero-order chi connectivity index (χ0) is 27.0. The lowest BCUT2D eigenvalue weighted by Gasteiger charge is -2.16. The highest BCUT2D eigenvalue weighted by molar-refractivity contribution is 9.11. The highest BCUT2D eigenvalue weighted by Gasteiger charge is 2.29. The smallest absolute Gasteiger partial charge is 0.356 e. The fourth-order valence-electron chi connectivity index (χ4n) is 3.85. The molecule has 0 amide bonds. The number of halogens is 1. The van der Waals surface area contributed by atoms with Gasteiger partial charge in [-0.05, 0) is 58.9 Å². The largest absolute Gasteiger partial charge is 0.476 e. The van der Waals surface area contributed by atoms with E-state index in [1.165, 1.54) is 11.3 Å². The van der Waals surface area contributed by atoms with Gasteiger partial charge in [0.05, 0.1) is 10.2 Å². The Morgan fingerprint density at radius 2 is 2.03 bits per heavy atom. The van der Waals surface area contributed by atoms with E-state index in [0.717, 1.165) is 46.1 Å². The van der Waals surface area contributed by atoms with Crippen LogP contribution in [0.4, 0.5) is 16.8 Å². The second-order valence-corrected chi connectivity index (χ2v) is 19.4. The summed E-state index contributed by atoms with van der Waals surface area (Å²) in [5.74, 6) is 0.513. The fraction of sp³-hybridized carbons (Fsp3) is 0.400. The Balaban J connectivity index is 1.49. The average molecular weight is 634 g/mol. The summed E-state index contributed by atoms with van der Waals surface area (Å²) in [7, 11) is 0.631. The van der Waals surface area contributed by atoms with Crippen LogP contribution in [0.25, 0.3) is 10.2 Å². The molecule has 200 valence electrons. The summed E-state index contributed by atoms with van der Waals surface area (Å²) in [4.78, 5) is 23.3. The van der Waals surface area contributed by atoms with Crippen molar-refractivity contribution in [3.05, 3.63) is 50.2 Å². The van der Waals surface area contributed by atoms with Crippen LogP contribution in [0.1, 0.15) is 34.8 Å². The van der Waals surface area contributed by atoms with Crippen molar-refractivity contribution in [1.82, 2.24) is 19.7 Å². The summed E-state index contributed by atoms with van der Waals surface area (Å²) < 4.78 is 9.83. The molecule has 0 bridgehead atoms. The van der Waals surface area contributed by atoms with Crippen molar-refractivity contribution in [2.75, 3.05) is 18.6 Å². The number of carboxylic acid groups (broad SMARTS) is 1. The maximum atomic E-state index is 11.4. The number of rotatable bonds is 10. The summed E-state index contributed by atoms with van der Waals surface area (Å²) in [5, 5.41) is 18.9. The molecule has 0 unspecified atom stereocenters. The van der Waals surface area contributed by atoms with Gasteiger partial charge in [0, 0.05) is 27.3 Å².